The van der Waals surface area contributed by atoms with Crippen LogP contribution in [0.15, 0.2) is 60.7 Å². The second-order valence-electron chi connectivity index (χ2n) is 12.4. The van der Waals surface area contributed by atoms with Crippen LogP contribution in [0.1, 0.15) is 52.7 Å². The zero-order valence-corrected chi connectivity index (χ0v) is 28.1. The maximum atomic E-state index is 13.7. The van der Waals surface area contributed by atoms with E-state index in [2.05, 4.69) is 31.3 Å². The second kappa shape index (κ2) is 15.8. The van der Waals surface area contributed by atoms with Gasteiger partial charge in [-0.1, -0.05) is 30.3 Å². The van der Waals surface area contributed by atoms with Crippen molar-refractivity contribution in [3.05, 3.63) is 82.9 Å². The van der Waals surface area contributed by atoms with Crippen LogP contribution >= 0.6 is 12.4 Å². The number of amides is 3. The number of aryl methyl sites for hydroxylation is 2. The average Bonchev–Trinajstić information content (AvgIpc) is 3.60. The molecule has 11 nitrogen and oxygen atoms in total. The maximum Gasteiger partial charge on any atom is 0.253 e. The number of carbonyl (C=O) groups excluding carboxylic acids is 3. The van der Waals surface area contributed by atoms with Crippen molar-refractivity contribution >= 4 is 35.8 Å². The Balaban J connectivity index is 0.00000500. The van der Waals surface area contributed by atoms with Crippen LogP contribution in [0, 0.1) is 25.7 Å². The number of halogens is 1. The van der Waals surface area contributed by atoms with Crippen LogP contribution in [-0.4, -0.2) is 69.9 Å². The first-order valence-electron chi connectivity index (χ1n) is 15.7. The first kappa shape index (κ1) is 35.2. The summed E-state index contributed by atoms with van der Waals surface area (Å²) in [4.78, 5) is 41.4. The summed E-state index contributed by atoms with van der Waals surface area (Å²) in [5.74, 6) is 0.317. The number of tetrazole rings is 1. The predicted molar refractivity (Wildman–Crippen MR) is 185 cm³/mol. The number of nitrogens with one attached hydrogen (secondary N) is 3. The molecule has 0 aliphatic heterocycles. The molecule has 1 heterocycles. The van der Waals surface area contributed by atoms with Crippen LogP contribution in [0.3, 0.4) is 0 Å². The highest BCUT2D eigenvalue weighted by atomic mass is 35.5. The molecule has 0 radical (unpaired) electrons. The Morgan fingerprint density at radius 2 is 1.60 bits per heavy atom. The first-order chi connectivity index (χ1) is 22.1. The van der Waals surface area contributed by atoms with E-state index in [0.29, 0.717) is 36.0 Å². The fraction of sp³-hybridized carbons (Fsp3) is 0.371. The molecule has 0 spiro atoms. The van der Waals surface area contributed by atoms with E-state index in [9.17, 15) is 14.4 Å². The monoisotopic (exact) mass is 658 g/mol. The van der Waals surface area contributed by atoms with Crippen LogP contribution in [0.25, 0.3) is 22.5 Å². The maximum absolute atomic E-state index is 13.7. The highest BCUT2D eigenvalue weighted by Crippen LogP contribution is 2.30. The number of aromatic amines is 1. The number of hydrogen-bond acceptors (Lipinski definition) is 7. The molecule has 1 aliphatic carbocycles. The number of hydrogen-bond donors (Lipinski definition) is 4. The van der Waals surface area contributed by atoms with Crippen molar-refractivity contribution in [1.82, 2.24) is 30.8 Å². The van der Waals surface area contributed by atoms with Crippen LogP contribution in [-0.2, 0) is 16.0 Å². The molecule has 1 aliphatic rings. The lowest BCUT2D eigenvalue weighted by Gasteiger charge is -2.28. The number of aromatic nitrogens is 4. The highest BCUT2D eigenvalue weighted by molar-refractivity contribution is 5.98. The fourth-order valence-corrected chi connectivity index (χ4v) is 6.07. The Kier molecular flexibility index (Phi) is 11.8. The summed E-state index contributed by atoms with van der Waals surface area (Å²) < 4.78 is 0. The molecule has 0 bridgehead atoms. The van der Waals surface area contributed by atoms with Gasteiger partial charge < -0.3 is 21.3 Å². The number of rotatable bonds is 10. The Hall–Kier alpha value is -4.61. The highest BCUT2D eigenvalue weighted by Gasteiger charge is 2.29. The molecule has 5 rings (SSSR count). The Bertz CT molecular complexity index is 1670. The summed E-state index contributed by atoms with van der Waals surface area (Å²) in [6.45, 7) is 4.62. The van der Waals surface area contributed by atoms with Gasteiger partial charge in [-0.3, -0.25) is 14.4 Å². The minimum atomic E-state index is -0.784. The zero-order valence-electron chi connectivity index (χ0n) is 27.2. The van der Waals surface area contributed by atoms with E-state index in [1.807, 2.05) is 50.2 Å². The summed E-state index contributed by atoms with van der Waals surface area (Å²) in [5, 5.41) is 20.0. The molecule has 4 aromatic rings. The molecular weight excluding hydrogens is 616 g/mol. The molecule has 248 valence electrons. The number of benzene rings is 3. The minimum Gasteiger partial charge on any atom is -0.345 e. The van der Waals surface area contributed by atoms with Gasteiger partial charge in [0.2, 0.25) is 17.6 Å². The van der Waals surface area contributed by atoms with E-state index >= 15 is 0 Å². The van der Waals surface area contributed by atoms with Crippen molar-refractivity contribution in [2.24, 2.45) is 17.6 Å². The third-order valence-corrected chi connectivity index (χ3v) is 8.85. The molecule has 0 unspecified atom stereocenters. The number of nitrogens with two attached hydrogens (primary N) is 1. The predicted octanol–water partition coefficient (Wildman–Crippen LogP) is 4.71. The zero-order chi connectivity index (χ0) is 32.8. The van der Waals surface area contributed by atoms with E-state index in [-0.39, 0.29) is 36.0 Å². The molecular formula is C35H43ClN8O3. The lowest BCUT2D eigenvalue weighted by atomic mass is 9.81. The topological polar surface area (TPSA) is 159 Å². The van der Waals surface area contributed by atoms with Gasteiger partial charge in [-0.2, -0.15) is 5.21 Å². The summed E-state index contributed by atoms with van der Waals surface area (Å²) in [6, 6.07) is 18.3. The third-order valence-electron chi connectivity index (χ3n) is 8.85. The van der Waals surface area contributed by atoms with Crippen LogP contribution in [0.4, 0.5) is 5.69 Å². The third kappa shape index (κ3) is 8.60. The first-order valence-corrected chi connectivity index (χ1v) is 15.7. The van der Waals surface area contributed by atoms with Crippen molar-refractivity contribution in [1.29, 1.82) is 0 Å². The summed E-state index contributed by atoms with van der Waals surface area (Å²) in [6.07, 6.45) is 3.68. The number of nitrogens with zero attached hydrogens (tertiary/aromatic N) is 4. The Morgan fingerprint density at radius 1 is 0.936 bits per heavy atom. The van der Waals surface area contributed by atoms with E-state index < -0.39 is 6.04 Å². The smallest absolute Gasteiger partial charge is 0.253 e. The Morgan fingerprint density at radius 3 is 2.19 bits per heavy atom. The van der Waals surface area contributed by atoms with Crippen molar-refractivity contribution in [2.45, 2.75) is 52.0 Å². The molecule has 0 saturated heterocycles. The molecule has 1 saturated carbocycles. The van der Waals surface area contributed by atoms with Gasteiger partial charge in [0.15, 0.2) is 0 Å². The van der Waals surface area contributed by atoms with E-state index in [4.69, 9.17) is 5.73 Å². The van der Waals surface area contributed by atoms with Crippen molar-refractivity contribution in [3.63, 3.8) is 0 Å². The molecule has 5 N–H and O–H groups in total. The van der Waals surface area contributed by atoms with E-state index in [1.54, 1.807) is 43.3 Å². The second-order valence-corrected chi connectivity index (χ2v) is 12.4. The van der Waals surface area contributed by atoms with Crippen LogP contribution in [0.2, 0.25) is 0 Å². The summed E-state index contributed by atoms with van der Waals surface area (Å²) >= 11 is 0. The van der Waals surface area contributed by atoms with Gasteiger partial charge in [0.1, 0.15) is 6.04 Å². The number of anilines is 1. The molecule has 3 amide bonds. The van der Waals surface area contributed by atoms with Gasteiger partial charge >= 0.3 is 0 Å². The molecule has 1 aromatic heterocycles. The molecule has 12 heteroatoms. The molecule has 1 fully saturated rings. The quantitative estimate of drug-likeness (QED) is 0.192. The van der Waals surface area contributed by atoms with E-state index in [1.165, 1.54) is 0 Å². The number of H-pyrrole nitrogens is 1. The number of carbonyl (C=O) groups is 3. The van der Waals surface area contributed by atoms with Gasteiger partial charge in [0.25, 0.3) is 5.91 Å². The summed E-state index contributed by atoms with van der Waals surface area (Å²) in [7, 11) is 3.50. The standard InChI is InChI=1S/C35H42N8O3.ClH/c1-21-17-22(2)30(35(46)43(3)4)19-29(21)25-9-5-23(6-10-25)18-31(38-33(44)27-11-7-24(20-36)8-12-27)34(45)37-28-15-13-26(14-16-28)32-39-41-42-40-32;/h5-6,9-10,13-17,19,24,27,31H,7-8,11-12,18,20,36H2,1-4H3,(H,37,45)(H,38,44)(H,39,40,41,42);1H/t24-,27-,31-;/m0./s1. The van der Waals surface area contributed by atoms with Crippen molar-refractivity contribution in [3.8, 4) is 22.5 Å². The van der Waals surface area contributed by atoms with Gasteiger partial charge in [0, 0.05) is 43.2 Å². The average molecular weight is 659 g/mol. The van der Waals surface area contributed by atoms with E-state index in [0.717, 1.165) is 59.1 Å². The van der Waals surface area contributed by atoms with Crippen LogP contribution in [0.5, 0.6) is 0 Å². The van der Waals surface area contributed by atoms with Crippen molar-refractivity contribution in [2.75, 3.05) is 26.0 Å². The van der Waals surface area contributed by atoms with Gasteiger partial charge in [-0.15, -0.1) is 22.6 Å². The van der Waals surface area contributed by atoms with Gasteiger partial charge in [-0.05, 0) is 115 Å². The fourth-order valence-electron chi connectivity index (χ4n) is 6.07. The lowest BCUT2D eigenvalue weighted by molar-refractivity contribution is -0.130. The summed E-state index contributed by atoms with van der Waals surface area (Å²) in [5.41, 5.74) is 12.7. The Labute approximate surface area is 281 Å². The largest absolute Gasteiger partial charge is 0.345 e. The SMILES string of the molecule is Cc1cc(C)c(-c2ccc(C[C@H](NC(=O)[C@H]3CC[C@H](CN)CC3)C(=O)Nc3ccc(-c4nn[nH]n4)cc3)cc2)cc1C(=O)N(C)C.Cl. The molecule has 3 aromatic carbocycles. The molecule has 47 heavy (non-hydrogen) atoms. The molecule has 1 atom stereocenters. The van der Waals surface area contributed by atoms with Gasteiger partial charge in [-0.25, -0.2) is 0 Å². The van der Waals surface area contributed by atoms with Crippen molar-refractivity contribution < 1.29 is 14.4 Å². The lowest BCUT2D eigenvalue weighted by Crippen LogP contribution is -2.48. The van der Waals surface area contributed by atoms with Crippen LogP contribution < -0.4 is 16.4 Å². The van der Waals surface area contributed by atoms with Gasteiger partial charge in [0.05, 0.1) is 0 Å². The normalized spacial score (nSPS) is 16.4. The minimum absolute atomic E-state index is 0.